The van der Waals surface area contributed by atoms with Gasteiger partial charge in [0.2, 0.25) is 0 Å². The van der Waals surface area contributed by atoms with Crippen LogP contribution in [0.1, 0.15) is 87.9 Å². The molecule has 0 radical (unpaired) electrons. The van der Waals surface area contributed by atoms with Crippen molar-refractivity contribution >= 4 is 11.3 Å². The number of hydrogen-bond acceptors (Lipinski definition) is 4. The molecule has 8 heteroatoms. The molecule has 2 aliphatic rings. The predicted octanol–water partition coefficient (Wildman–Crippen LogP) is 4.39. The molecular weight excluding hydrogens is 416 g/mol. The van der Waals surface area contributed by atoms with Crippen molar-refractivity contribution in [3.05, 3.63) is 68.8 Å². The predicted molar refractivity (Wildman–Crippen MR) is 128 cm³/mol. The first-order valence-corrected chi connectivity index (χ1v) is 12.2. The van der Waals surface area contributed by atoms with Crippen LogP contribution in [0, 0.1) is 5.92 Å². The van der Waals surface area contributed by atoms with Gasteiger partial charge < -0.3 is 0 Å². The Balaban J connectivity index is 0.000000139. The van der Waals surface area contributed by atoms with Gasteiger partial charge >= 0.3 is 0 Å². The Hall–Kier alpha value is -3.16. The summed E-state index contributed by atoms with van der Waals surface area (Å²) in [6.45, 7) is 2.27. The Kier molecular flexibility index (Phi) is 6.15. The molecule has 0 bridgehead atoms. The van der Waals surface area contributed by atoms with Gasteiger partial charge in [-0.1, -0.05) is 45.4 Å². The molecule has 174 valence electrons. The third kappa shape index (κ3) is 4.51. The van der Waals surface area contributed by atoms with Crippen LogP contribution in [0.5, 0.6) is 0 Å². The summed E-state index contributed by atoms with van der Waals surface area (Å²) < 4.78 is 2.96. The van der Waals surface area contributed by atoms with Crippen LogP contribution in [0.4, 0.5) is 0 Å². The minimum absolute atomic E-state index is 0.00410. The Bertz CT molecular complexity index is 1340. The van der Waals surface area contributed by atoms with Crippen molar-refractivity contribution in [1.29, 1.82) is 0 Å². The Labute approximate surface area is 192 Å². The largest absolute Gasteiger partial charge is 0.297 e. The normalized spacial score (nSPS) is 21.7. The first-order chi connectivity index (χ1) is 16.1. The lowest BCUT2D eigenvalue weighted by Crippen LogP contribution is -2.21. The van der Waals surface area contributed by atoms with Gasteiger partial charge in [0.15, 0.2) is 11.3 Å². The van der Waals surface area contributed by atoms with Crippen molar-refractivity contribution in [2.75, 3.05) is 0 Å². The molecule has 0 spiro atoms. The maximum absolute atomic E-state index is 11.9. The van der Waals surface area contributed by atoms with Crippen molar-refractivity contribution in [1.82, 2.24) is 29.2 Å². The second-order valence-electron chi connectivity index (χ2n) is 9.55. The molecule has 2 unspecified atom stereocenters. The maximum atomic E-state index is 11.9. The van der Waals surface area contributed by atoms with Crippen LogP contribution in [0.2, 0.25) is 0 Å². The van der Waals surface area contributed by atoms with E-state index in [9.17, 15) is 9.59 Å². The number of hydrogen-bond donors (Lipinski definition) is 2. The number of H-pyrrole nitrogens is 2. The van der Waals surface area contributed by atoms with Gasteiger partial charge in [0.1, 0.15) is 0 Å². The lowest BCUT2D eigenvalue weighted by atomic mass is 9.78. The van der Waals surface area contributed by atoms with Crippen LogP contribution in [0.25, 0.3) is 11.3 Å². The minimum Gasteiger partial charge on any atom is -0.297 e. The number of aromatic amines is 2. The van der Waals surface area contributed by atoms with Gasteiger partial charge in [-0.05, 0) is 25.2 Å². The van der Waals surface area contributed by atoms with Gasteiger partial charge in [-0.2, -0.15) is 0 Å². The molecule has 2 aliphatic carbocycles. The topological polar surface area (TPSA) is 100 Å². The Morgan fingerprint density at radius 2 is 1.30 bits per heavy atom. The Morgan fingerprint density at radius 1 is 0.758 bits per heavy atom. The first kappa shape index (κ1) is 21.7. The summed E-state index contributed by atoms with van der Waals surface area (Å²) in [5.74, 6) is 1.58. The van der Waals surface area contributed by atoms with Crippen LogP contribution >= 0.6 is 0 Å². The highest BCUT2D eigenvalue weighted by Crippen LogP contribution is 2.36. The molecule has 6 rings (SSSR count). The lowest BCUT2D eigenvalue weighted by molar-refractivity contribution is 0.325. The SMILES string of the molecule is CC1CCCCC1c1cc(=O)n2[nH]ccc2n1.O=c1cc(C2CCCCC2)nc2cc[nH]n12. The molecule has 4 aromatic rings. The van der Waals surface area contributed by atoms with Gasteiger partial charge in [-0.15, -0.1) is 0 Å². The number of nitrogens with zero attached hydrogens (tertiary/aromatic N) is 4. The van der Waals surface area contributed by atoms with E-state index in [4.69, 9.17) is 0 Å². The summed E-state index contributed by atoms with van der Waals surface area (Å²) in [7, 11) is 0. The molecule has 0 amide bonds. The zero-order valence-corrected chi connectivity index (χ0v) is 19.2. The smallest absolute Gasteiger partial charge is 0.272 e. The van der Waals surface area contributed by atoms with Crippen molar-refractivity contribution in [2.24, 2.45) is 5.92 Å². The molecule has 0 saturated heterocycles. The first-order valence-electron chi connectivity index (χ1n) is 12.2. The summed E-state index contributed by atoms with van der Waals surface area (Å²) in [6.07, 6.45) is 14.7. The highest BCUT2D eigenvalue weighted by atomic mass is 16.1. The van der Waals surface area contributed by atoms with E-state index in [1.807, 2.05) is 12.1 Å². The van der Waals surface area contributed by atoms with Gasteiger partial charge in [-0.25, -0.2) is 19.0 Å². The van der Waals surface area contributed by atoms with E-state index >= 15 is 0 Å². The van der Waals surface area contributed by atoms with Crippen molar-refractivity contribution < 1.29 is 0 Å². The molecule has 2 fully saturated rings. The molecule has 8 nitrogen and oxygen atoms in total. The second kappa shape index (κ2) is 9.37. The van der Waals surface area contributed by atoms with E-state index in [2.05, 4.69) is 27.1 Å². The van der Waals surface area contributed by atoms with Crippen molar-refractivity contribution in [3.63, 3.8) is 0 Å². The van der Waals surface area contributed by atoms with Crippen LogP contribution in [-0.4, -0.2) is 29.2 Å². The van der Waals surface area contributed by atoms with E-state index in [-0.39, 0.29) is 11.1 Å². The average Bonchev–Trinajstić information content (AvgIpc) is 3.50. The number of aromatic nitrogens is 6. The molecule has 2 N–H and O–H groups in total. The summed E-state index contributed by atoms with van der Waals surface area (Å²) in [6, 6.07) is 7.06. The highest BCUT2D eigenvalue weighted by molar-refractivity contribution is 5.38. The summed E-state index contributed by atoms with van der Waals surface area (Å²) in [5, 5.41) is 5.73. The molecule has 0 aromatic carbocycles. The summed E-state index contributed by atoms with van der Waals surface area (Å²) >= 11 is 0. The van der Waals surface area contributed by atoms with E-state index in [1.54, 1.807) is 24.5 Å². The fourth-order valence-corrected chi connectivity index (χ4v) is 5.45. The number of rotatable bonds is 2. The quantitative estimate of drug-likeness (QED) is 0.475. The standard InChI is InChI=1S/C13H17N3O.C12H15N3O/c1-9-4-2-3-5-10(9)11-8-13(17)16-12(15-11)6-7-14-16;16-12-8-10(9-4-2-1-3-5-9)14-11-6-7-13-15(11)12/h6-10,14H,2-5H2,1H3;6-9,13H,1-5H2. The summed E-state index contributed by atoms with van der Waals surface area (Å²) in [5.41, 5.74) is 3.40. The molecular formula is C25H32N6O2. The van der Waals surface area contributed by atoms with E-state index in [1.165, 1.54) is 60.4 Å². The van der Waals surface area contributed by atoms with Crippen LogP contribution in [0.15, 0.2) is 46.2 Å². The van der Waals surface area contributed by atoms with Crippen molar-refractivity contribution in [3.8, 4) is 0 Å². The zero-order chi connectivity index (χ0) is 22.8. The molecule has 4 aromatic heterocycles. The second-order valence-corrected chi connectivity index (χ2v) is 9.55. The van der Waals surface area contributed by atoms with Crippen LogP contribution in [0.3, 0.4) is 0 Å². The van der Waals surface area contributed by atoms with Crippen LogP contribution < -0.4 is 11.1 Å². The fourth-order valence-electron chi connectivity index (χ4n) is 5.45. The minimum atomic E-state index is -0.00669. The monoisotopic (exact) mass is 448 g/mol. The summed E-state index contributed by atoms with van der Waals surface area (Å²) in [4.78, 5) is 32.8. The lowest BCUT2D eigenvalue weighted by Gasteiger charge is -2.28. The third-order valence-electron chi connectivity index (χ3n) is 7.32. The Morgan fingerprint density at radius 3 is 1.94 bits per heavy atom. The van der Waals surface area contributed by atoms with Crippen LogP contribution in [-0.2, 0) is 0 Å². The van der Waals surface area contributed by atoms with Gasteiger partial charge in [0.25, 0.3) is 11.1 Å². The van der Waals surface area contributed by atoms with Gasteiger partial charge in [0.05, 0.1) is 11.4 Å². The average molecular weight is 449 g/mol. The van der Waals surface area contributed by atoms with E-state index < -0.39 is 0 Å². The van der Waals surface area contributed by atoms with Gasteiger partial charge in [-0.3, -0.25) is 19.8 Å². The highest BCUT2D eigenvalue weighted by Gasteiger charge is 2.24. The molecule has 33 heavy (non-hydrogen) atoms. The van der Waals surface area contributed by atoms with E-state index in [0.29, 0.717) is 17.8 Å². The number of nitrogens with one attached hydrogen (secondary N) is 2. The van der Waals surface area contributed by atoms with E-state index in [0.717, 1.165) is 29.1 Å². The number of fused-ring (bicyclic) bond motifs is 2. The molecule has 0 aliphatic heterocycles. The fraction of sp³-hybridized carbons (Fsp3) is 0.520. The van der Waals surface area contributed by atoms with Gasteiger partial charge in [0, 0.05) is 48.5 Å². The zero-order valence-electron chi connectivity index (χ0n) is 19.2. The molecule has 2 saturated carbocycles. The third-order valence-corrected chi connectivity index (χ3v) is 7.32. The van der Waals surface area contributed by atoms with Crippen molar-refractivity contribution in [2.45, 2.75) is 76.5 Å². The maximum Gasteiger partial charge on any atom is 0.272 e. The molecule has 4 heterocycles. The molecule has 2 atom stereocenters.